The zero-order chi connectivity index (χ0) is 20.4. The number of fused-ring (bicyclic) bond motifs is 1. The molecule has 2 aromatic heterocycles. The summed E-state index contributed by atoms with van der Waals surface area (Å²) in [6.07, 6.45) is 1.56. The molecule has 0 saturated carbocycles. The second-order valence-electron chi connectivity index (χ2n) is 5.82. The SMILES string of the molecule is O=C(CSc1nc2ccccc2c(=O)n1-c1ccc(F)cc1F)Nc1nccs1. The molecule has 6 nitrogen and oxygen atoms in total. The first-order valence-corrected chi connectivity index (χ1v) is 10.2. The van der Waals surface area contributed by atoms with Gasteiger partial charge in [-0.3, -0.25) is 14.2 Å². The van der Waals surface area contributed by atoms with Crippen LogP contribution in [0.15, 0.2) is 64.0 Å². The Kier molecular flexibility index (Phi) is 5.36. The van der Waals surface area contributed by atoms with Crippen molar-refractivity contribution in [1.82, 2.24) is 14.5 Å². The Morgan fingerprint density at radius 1 is 1.21 bits per heavy atom. The normalized spacial score (nSPS) is 11.0. The number of carbonyl (C=O) groups is 1. The van der Waals surface area contributed by atoms with Crippen LogP contribution >= 0.6 is 23.1 Å². The Morgan fingerprint density at radius 3 is 2.79 bits per heavy atom. The molecule has 0 bridgehead atoms. The average molecular weight is 430 g/mol. The van der Waals surface area contributed by atoms with Crippen LogP contribution in [0.2, 0.25) is 0 Å². The number of nitrogens with one attached hydrogen (secondary N) is 1. The van der Waals surface area contributed by atoms with Crippen LogP contribution in [0.1, 0.15) is 0 Å². The van der Waals surface area contributed by atoms with E-state index in [-0.39, 0.29) is 27.9 Å². The summed E-state index contributed by atoms with van der Waals surface area (Å²) in [6.45, 7) is 0. The lowest BCUT2D eigenvalue weighted by Gasteiger charge is -2.13. The van der Waals surface area contributed by atoms with Crippen LogP contribution in [0.5, 0.6) is 0 Å². The molecule has 10 heteroatoms. The number of halogens is 2. The van der Waals surface area contributed by atoms with Crippen molar-refractivity contribution in [2.24, 2.45) is 0 Å². The van der Waals surface area contributed by atoms with Gasteiger partial charge in [-0.25, -0.2) is 18.7 Å². The summed E-state index contributed by atoms with van der Waals surface area (Å²) < 4.78 is 28.8. The van der Waals surface area contributed by atoms with Crippen LogP contribution in [0.3, 0.4) is 0 Å². The van der Waals surface area contributed by atoms with Crippen molar-refractivity contribution in [3.63, 3.8) is 0 Å². The molecule has 0 aliphatic carbocycles. The molecule has 0 fully saturated rings. The summed E-state index contributed by atoms with van der Waals surface area (Å²) in [5.74, 6) is -2.09. The Bertz CT molecular complexity index is 1260. The molecule has 2 aromatic carbocycles. The largest absolute Gasteiger partial charge is 0.301 e. The smallest absolute Gasteiger partial charge is 0.266 e. The van der Waals surface area contributed by atoms with E-state index in [9.17, 15) is 18.4 Å². The minimum Gasteiger partial charge on any atom is -0.301 e. The average Bonchev–Trinajstić information content (AvgIpc) is 3.20. The molecule has 146 valence electrons. The van der Waals surface area contributed by atoms with E-state index in [1.54, 1.807) is 35.8 Å². The van der Waals surface area contributed by atoms with Crippen molar-refractivity contribution in [3.8, 4) is 5.69 Å². The van der Waals surface area contributed by atoms with Crippen molar-refractivity contribution in [2.75, 3.05) is 11.1 Å². The van der Waals surface area contributed by atoms with Gasteiger partial charge in [-0.1, -0.05) is 23.9 Å². The van der Waals surface area contributed by atoms with E-state index in [1.807, 2.05) is 0 Å². The van der Waals surface area contributed by atoms with E-state index >= 15 is 0 Å². The number of para-hydroxylation sites is 1. The predicted molar refractivity (Wildman–Crippen MR) is 109 cm³/mol. The lowest BCUT2D eigenvalue weighted by atomic mass is 10.2. The van der Waals surface area contributed by atoms with Crippen LogP contribution in [-0.2, 0) is 4.79 Å². The number of thioether (sulfide) groups is 1. The van der Waals surface area contributed by atoms with E-state index in [4.69, 9.17) is 0 Å². The quantitative estimate of drug-likeness (QED) is 0.384. The fourth-order valence-electron chi connectivity index (χ4n) is 2.65. The highest BCUT2D eigenvalue weighted by Crippen LogP contribution is 2.23. The van der Waals surface area contributed by atoms with E-state index in [0.29, 0.717) is 16.7 Å². The van der Waals surface area contributed by atoms with Gasteiger partial charge >= 0.3 is 0 Å². The van der Waals surface area contributed by atoms with Crippen LogP contribution in [-0.4, -0.2) is 26.2 Å². The molecule has 1 N–H and O–H groups in total. The van der Waals surface area contributed by atoms with Crippen molar-refractivity contribution in [3.05, 3.63) is 76.0 Å². The molecule has 29 heavy (non-hydrogen) atoms. The van der Waals surface area contributed by atoms with Gasteiger partial charge in [0, 0.05) is 17.6 Å². The van der Waals surface area contributed by atoms with Gasteiger partial charge in [-0.2, -0.15) is 0 Å². The highest BCUT2D eigenvalue weighted by atomic mass is 32.2. The van der Waals surface area contributed by atoms with Gasteiger partial charge in [0.25, 0.3) is 5.56 Å². The highest BCUT2D eigenvalue weighted by Gasteiger charge is 2.18. The van der Waals surface area contributed by atoms with E-state index in [0.717, 1.165) is 22.4 Å². The molecular formula is C19H12F2N4O2S2. The van der Waals surface area contributed by atoms with Crippen LogP contribution in [0, 0.1) is 11.6 Å². The standard InChI is InChI=1S/C19H12F2N4O2S2/c20-11-5-6-15(13(21)9-11)25-17(27)12-3-1-2-4-14(12)23-19(25)29-10-16(26)24-18-22-7-8-28-18/h1-9H,10H2,(H,22,24,26). The van der Waals surface area contributed by atoms with E-state index < -0.39 is 17.2 Å². The first-order chi connectivity index (χ1) is 14.0. The summed E-state index contributed by atoms with van der Waals surface area (Å²) in [6, 6.07) is 9.55. The molecule has 0 unspecified atom stereocenters. The van der Waals surface area contributed by atoms with E-state index in [2.05, 4.69) is 15.3 Å². The molecule has 0 atom stereocenters. The maximum Gasteiger partial charge on any atom is 0.266 e. The second kappa shape index (κ2) is 8.10. The molecule has 0 saturated heterocycles. The summed E-state index contributed by atoms with van der Waals surface area (Å²) in [5, 5.41) is 5.21. The zero-order valence-electron chi connectivity index (χ0n) is 14.6. The molecule has 0 spiro atoms. The molecule has 4 aromatic rings. The van der Waals surface area contributed by atoms with Crippen LogP contribution in [0.4, 0.5) is 13.9 Å². The number of benzene rings is 2. The molecule has 1 amide bonds. The number of hydrogen-bond donors (Lipinski definition) is 1. The van der Waals surface area contributed by atoms with Crippen molar-refractivity contribution >= 4 is 45.0 Å². The summed E-state index contributed by atoms with van der Waals surface area (Å²) in [7, 11) is 0. The molecule has 0 aliphatic heterocycles. The number of nitrogens with zero attached hydrogens (tertiary/aromatic N) is 3. The van der Waals surface area contributed by atoms with Crippen LogP contribution < -0.4 is 10.9 Å². The number of amides is 1. The summed E-state index contributed by atoms with van der Waals surface area (Å²) in [4.78, 5) is 33.6. The third kappa shape index (κ3) is 4.03. The molecule has 4 rings (SSSR count). The first kappa shape index (κ1) is 19.2. The third-order valence-electron chi connectivity index (χ3n) is 3.91. The van der Waals surface area contributed by atoms with Crippen molar-refractivity contribution in [2.45, 2.75) is 5.16 Å². The topological polar surface area (TPSA) is 76.9 Å². The van der Waals surface area contributed by atoms with Gasteiger partial charge in [-0.15, -0.1) is 11.3 Å². The number of rotatable bonds is 5. The number of anilines is 1. The van der Waals surface area contributed by atoms with Crippen molar-refractivity contribution in [1.29, 1.82) is 0 Å². The van der Waals surface area contributed by atoms with Gasteiger partial charge in [-0.05, 0) is 24.3 Å². The molecule has 2 heterocycles. The lowest BCUT2D eigenvalue weighted by Crippen LogP contribution is -2.23. The highest BCUT2D eigenvalue weighted by molar-refractivity contribution is 7.99. The molecule has 0 radical (unpaired) electrons. The zero-order valence-corrected chi connectivity index (χ0v) is 16.3. The van der Waals surface area contributed by atoms with Crippen molar-refractivity contribution < 1.29 is 13.6 Å². The fourth-order valence-corrected chi connectivity index (χ4v) is 4.01. The Balaban J connectivity index is 1.75. The number of carbonyl (C=O) groups excluding carboxylic acids is 1. The van der Waals surface area contributed by atoms with Gasteiger partial charge in [0.05, 0.1) is 22.3 Å². The Morgan fingerprint density at radius 2 is 2.03 bits per heavy atom. The van der Waals surface area contributed by atoms with Gasteiger partial charge in [0.15, 0.2) is 10.3 Å². The lowest BCUT2D eigenvalue weighted by molar-refractivity contribution is -0.113. The Hall–Kier alpha value is -3.11. The fraction of sp³-hybridized carbons (Fsp3) is 0.0526. The summed E-state index contributed by atoms with van der Waals surface area (Å²) in [5.41, 5.74) is -0.236. The monoisotopic (exact) mass is 430 g/mol. The number of hydrogen-bond acceptors (Lipinski definition) is 6. The minimum absolute atomic E-state index is 0.0762. The second-order valence-corrected chi connectivity index (χ2v) is 7.66. The maximum absolute atomic E-state index is 14.4. The molecule has 0 aliphatic rings. The molecular weight excluding hydrogens is 418 g/mol. The third-order valence-corrected chi connectivity index (χ3v) is 5.53. The van der Waals surface area contributed by atoms with Gasteiger partial charge in [0.1, 0.15) is 11.6 Å². The summed E-state index contributed by atoms with van der Waals surface area (Å²) >= 11 is 2.24. The Labute approximate surface area is 171 Å². The predicted octanol–water partition coefficient (Wildman–Crippen LogP) is 3.85. The maximum atomic E-state index is 14.4. The van der Waals surface area contributed by atoms with Gasteiger partial charge < -0.3 is 5.32 Å². The van der Waals surface area contributed by atoms with Gasteiger partial charge in [0.2, 0.25) is 5.91 Å². The van der Waals surface area contributed by atoms with E-state index in [1.165, 1.54) is 17.4 Å². The first-order valence-electron chi connectivity index (χ1n) is 8.32. The number of aromatic nitrogens is 3. The minimum atomic E-state index is -0.904. The van der Waals surface area contributed by atoms with Crippen LogP contribution in [0.25, 0.3) is 16.6 Å². The number of thiazole rings is 1.